The molecule has 0 aromatic heterocycles. The number of carbonyl (C=O) groups excluding carboxylic acids is 1. The lowest BCUT2D eigenvalue weighted by Gasteiger charge is -2.05. The van der Waals surface area contributed by atoms with Crippen LogP contribution in [0, 0.1) is 0 Å². The van der Waals surface area contributed by atoms with Crippen LogP contribution in [0.1, 0.15) is 25.7 Å². The van der Waals surface area contributed by atoms with Crippen molar-refractivity contribution in [2.24, 2.45) is 5.73 Å². The fourth-order valence-corrected chi connectivity index (χ4v) is 2.34. The number of nitrogens with two attached hydrogens (primary N) is 1. The maximum Gasteiger partial charge on any atom is 0.305 e. The predicted octanol–water partition coefficient (Wildman–Crippen LogP) is -0.0747. The molecule has 17 heavy (non-hydrogen) atoms. The van der Waals surface area contributed by atoms with Crippen molar-refractivity contribution >= 4 is 33.2 Å². The van der Waals surface area contributed by atoms with Crippen LogP contribution in [-0.2, 0) is 19.6 Å². The summed E-state index contributed by atoms with van der Waals surface area (Å²) in [4.78, 5) is 11.1. The van der Waals surface area contributed by atoms with Gasteiger partial charge in [-0.15, -0.1) is 0 Å². The largest absolute Gasteiger partial charge is 0.469 e. The average molecular weight is 282 g/mol. The Bertz CT molecular complexity index is 354. The molecular formula is C9H18N2O4S2. The van der Waals surface area contributed by atoms with Crippen LogP contribution in [0.15, 0.2) is 0 Å². The fraction of sp³-hybridized carbons (Fsp3) is 0.778. The van der Waals surface area contributed by atoms with Gasteiger partial charge in [-0.25, -0.2) is 13.1 Å². The number of carbonyl (C=O) groups is 1. The number of thiocarbonyl (C=S) groups is 1. The molecule has 0 spiro atoms. The van der Waals surface area contributed by atoms with E-state index in [1.54, 1.807) is 0 Å². The first-order valence-corrected chi connectivity index (χ1v) is 7.26. The molecular weight excluding hydrogens is 264 g/mol. The third-order valence-corrected chi connectivity index (χ3v) is 3.62. The molecule has 0 rings (SSSR count). The molecule has 0 heterocycles. The van der Waals surface area contributed by atoms with Crippen LogP contribution in [0.5, 0.6) is 0 Å². The second-order valence-corrected chi connectivity index (χ2v) is 5.91. The van der Waals surface area contributed by atoms with E-state index in [0.717, 1.165) is 0 Å². The van der Waals surface area contributed by atoms with E-state index in [1.165, 1.54) is 7.11 Å². The third kappa shape index (κ3) is 10.2. The molecule has 6 nitrogen and oxygen atoms in total. The Kier molecular flexibility index (Phi) is 8.01. The van der Waals surface area contributed by atoms with E-state index in [0.29, 0.717) is 24.4 Å². The molecule has 0 aliphatic rings. The molecule has 0 aliphatic heterocycles. The van der Waals surface area contributed by atoms with Crippen molar-refractivity contribution in [2.75, 3.05) is 19.4 Å². The van der Waals surface area contributed by atoms with Gasteiger partial charge in [-0.2, -0.15) is 0 Å². The average Bonchev–Trinajstić information content (AvgIpc) is 2.23. The van der Waals surface area contributed by atoms with Crippen molar-refractivity contribution in [1.82, 2.24) is 4.72 Å². The van der Waals surface area contributed by atoms with Gasteiger partial charge in [0.1, 0.15) is 0 Å². The zero-order valence-corrected chi connectivity index (χ0v) is 11.4. The molecule has 0 amide bonds. The minimum atomic E-state index is -3.33. The second kappa shape index (κ2) is 8.37. The minimum absolute atomic E-state index is 0.0881. The van der Waals surface area contributed by atoms with E-state index in [2.05, 4.69) is 21.7 Å². The predicted molar refractivity (Wildman–Crippen MR) is 69.1 cm³/mol. The molecule has 0 atom stereocenters. The lowest BCUT2D eigenvalue weighted by Crippen LogP contribution is -2.28. The molecule has 0 saturated carbocycles. The summed E-state index contributed by atoms with van der Waals surface area (Å²) in [7, 11) is -2.06. The van der Waals surface area contributed by atoms with Crippen molar-refractivity contribution in [3.63, 3.8) is 0 Å². The first-order valence-electron chi connectivity index (χ1n) is 5.20. The Morgan fingerprint density at radius 3 is 2.53 bits per heavy atom. The van der Waals surface area contributed by atoms with E-state index in [4.69, 9.17) is 5.73 Å². The Morgan fingerprint density at radius 1 is 1.35 bits per heavy atom. The lowest BCUT2D eigenvalue weighted by molar-refractivity contribution is -0.140. The highest BCUT2D eigenvalue weighted by molar-refractivity contribution is 7.89. The van der Waals surface area contributed by atoms with Crippen molar-refractivity contribution in [3.05, 3.63) is 0 Å². The second-order valence-electron chi connectivity index (χ2n) is 3.46. The number of esters is 1. The number of hydrogen-bond acceptors (Lipinski definition) is 5. The quantitative estimate of drug-likeness (QED) is 0.349. The minimum Gasteiger partial charge on any atom is -0.469 e. The Hall–Kier alpha value is -0.730. The van der Waals surface area contributed by atoms with Crippen LogP contribution in [-0.4, -0.2) is 38.8 Å². The van der Waals surface area contributed by atoms with Gasteiger partial charge in [0.05, 0.1) is 17.9 Å². The maximum absolute atomic E-state index is 11.4. The fourth-order valence-electron chi connectivity index (χ4n) is 1.07. The van der Waals surface area contributed by atoms with Crippen molar-refractivity contribution in [1.29, 1.82) is 0 Å². The summed E-state index contributed by atoms with van der Waals surface area (Å²) in [5.41, 5.74) is 5.27. The van der Waals surface area contributed by atoms with Crippen LogP contribution in [0.3, 0.4) is 0 Å². The summed E-state index contributed by atoms with van der Waals surface area (Å²) in [6.07, 6.45) is 1.44. The van der Waals surface area contributed by atoms with Crippen LogP contribution < -0.4 is 10.5 Å². The van der Waals surface area contributed by atoms with Gasteiger partial charge >= 0.3 is 5.97 Å². The molecule has 100 valence electrons. The summed E-state index contributed by atoms with van der Waals surface area (Å²) in [6, 6.07) is 0. The van der Waals surface area contributed by atoms with Crippen molar-refractivity contribution in [3.8, 4) is 0 Å². The number of nitrogens with one attached hydrogen (secondary N) is 1. The monoisotopic (exact) mass is 282 g/mol. The van der Waals surface area contributed by atoms with Gasteiger partial charge in [0, 0.05) is 13.0 Å². The Morgan fingerprint density at radius 2 is 2.00 bits per heavy atom. The third-order valence-electron chi connectivity index (χ3n) is 1.94. The first-order chi connectivity index (χ1) is 7.87. The summed E-state index contributed by atoms with van der Waals surface area (Å²) < 4.78 is 29.7. The van der Waals surface area contributed by atoms with E-state index >= 15 is 0 Å². The van der Waals surface area contributed by atoms with Gasteiger partial charge in [0.15, 0.2) is 0 Å². The highest BCUT2D eigenvalue weighted by atomic mass is 32.2. The standard InChI is InChI=1S/C9H18N2O4S2/c1-15-9(12)5-3-7-17(13,14)11-6-2-4-8(10)16/h11H,2-7H2,1H3,(H2,10,16). The molecule has 0 saturated heterocycles. The van der Waals surface area contributed by atoms with Gasteiger partial charge in [0.25, 0.3) is 0 Å². The zero-order chi connectivity index (χ0) is 13.3. The Balaban J connectivity index is 3.73. The van der Waals surface area contributed by atoms with Crippen molar-refractivity contribution < 1.29 is 17.9 Å². The van der Waals surface area contributed by atoms with Crippen LogP contribution >= 0.6 is 12.2 Å². The molecule has 0 bridgehead atoms. The number of methoxy groups -OCH3 is 1. The van der Waals surface area contributed by atoms with Crippen molar-refractivity contribution in [2.45, 2.75) is 25.7 Å². The molecule has 0 aromatic rings. The number of rotatable bonds is 9. The van der Waals surface area contributed by atoms with Gasteiger partial charge in [-0.05, 0) is 19.3 Å². The summed E-state index contributed by atoms with van der Waals surface area (Å²) >= 11 is 4.66. The highest BCUT2D eigenvalue weighted by Gasteiger charge is 2.10. The maximum atomic E-state index is 11.4. The number of sulfonamides is 1. The van der Waals surface area contributed by atoms with Gasteiger partial charge < -0.3 is 10.5 Å². The molecule has 0 unspecified atom stereocenters. The van der Waals surface area contributed by atoms with Gasteiger partial charge in [-0.1, -0.05) is 12.2 Å². The van der Waals surface area contributed by atoms with E-state index in [1.807, 2.05) is 0 Å². The van der Waals surface area contributed by atoms with Gasteiger partial charge in [0.2, 0.25) is 10.0 Å². The van der Waals surface area contributed by atoms with E-state index in [9.17, 15) is 13.2 Å². The van der Waals surface area contributed by atoms with Gasteiger partial charge in [-0.3, -0.25) is 4.79 Å². The van der Waals surface area contributed by atoms with Crippen LogP contribution in [0.4, 0.5) is 0 Å². The molecule has 8 heteroatoms. The smallest absolute Gasteiger partial charge is 0.305 e. The van der Waals surface area contributed by atoms with Crippen LogP contribution in [0.25, 0.3) is 0 Å². The molecule has 0 fully saturated rings. The number of hydrogen-bond donors (Lipinski definition) is 2. The SMILES string of the molecule is COC(=O)CCCS(=O)(=O)NCCCC(N)=S. The summed E-state index contributed by atoms with van der Waals surface area (Å²) in [5.74, 6) is -0.497. The van der Waals surface area contributed by atoms with E-state index < -0.39 is 16.0 Å². The topological polar surface area (TPSA) is 98.5 Å². The molecule has 0 aliphatic carbocycles. The summed E-state index contributed by atoms with van der Waals surface area (Å²) in [6.45, 7) is 0.303. The van der Waals surface area contributed by atoms with Crippen LogP contribution in [0.2, 0.25) is 0 Å². The summed E-state index contributed by atoms with van der Waals surface area (Å²) in [5, 5.41) is 0. The normalized spacial score (nSPS) is 11.1. The zero-order valence-electron chi connectivity index (χ0n) is 9.77. The lowest BCUT2D eigenvalue weighted by atomic mass is 10.3. The van der Waals surface area contributed by atoms with E-state index in [-0.39, 0.29) is 18.6 Å². The highest BCUT2D eigenvalue weighted by Crippen LogP contribution is 1.97. The number of ether oxygens (including phenoxy) is 1. The first kappa shape index (κ1) is 16.3. The Labute approximate surface area is 107 Å². The molecule has 0 aromatic carbocycles. The molecule has 3 N–H and O–H groups in total. The molecule has 0 radical (unpaired) electrons.